The second-order valence-electron chi connectivity index (χ2n) is 6.58. The molecule has 0 radical (unpaired) electrons. The third-order valence-corrected chi connectivity index (χ3v) is 5.81. The summed E-state index contributed by atoms with van der Waals surface area (Å²) in [5.41, 5.74) is 1.39. The Morgan fingerprint density at radius 2 is 2.19 bits per heavy atom. The number of rotatable bonds is 6. The minimum Gasteiger partial charge on any atom is -0.375 e. The van der Waals surface area contributed by atoms with Crippen LogP contribution in [-0.2, 0) is 11.3 Å². The molecule has 2 saturated carbocycles. The summed E-state index contributed by atoms with van der Waals surface area (Å²) in [6, 6.07) is 0.774. The average Bonchev–Trinajstić information content (AvgIpc) is 3.44. The van der Waals surface area contributed by atoms with Crippen LogP contribution in [0.3, 0.4) is 0 Å². The zero-order valence-electron chi connectivity index (χ0n) is 12.8. The first-order valence-electron chi connectivity index (χ1n) is 8.43. The molecule has 1 aromatic rings. The Hall–Kier alpha value is -0.650. The summed E-state index contributed by atoms with van der Waals surface area (Å²) in [5, 5.41) is 4.89. The summed E-state index contributed by atoms with van der Waals surface area (Å²) in [5.74, 6) is 0.744. The lowest BCUT2D eigenvalue weighted by molar-refractivity contribution is 0.0384. The van der Waals surface area contributed by atoms with E-state index in [1.54, 1.807) is 0 Å². The van der Waals surface area contributed by atoms with Gasteiger partial charge in [-0.05, 0) is 32.1 Å². The Morgan fingerprint density at radius 1 is 1.33 bits per heavy atom. The molecular weight excluding hydrogens is 282 g/mol. The summed E-state index contributed by atoms with van der Waals surface area (Å²) in [6.45, 7) is 6.06. The van der Waals surface area contributed by atoms with E-state index in [9.17, 15) is 0 Å². The Labute approximate surface area is 130 Å². The Balaban J connectivity index is 1.49. The maximum Gasteiger partial charge on any atom is 0.186 e. The molecule has 21 heavy (non-hydrogen) atoms. The number of thiazole rings is 1. The van der Waals surface area contributed by atoms with Gasteiger partial charge < -0.3 is 15.0 Å². The molecule has 2 aliphatic carbocycles. The van der Waals surface area contributed by atoms with Gasteiger partial charge in [-0.25, -0.2) is 4.98 Å². The third-order valence-electron chi connectivity index (χ3n) is 4.67. The highest BCUT2D eigenvalue weighted by molar-refractivity contribution is 7.15. The first-order chi connectivity index (χ1) is 10.3. The number of nitrogens with zero attached hydrogens (tertiary/aromatic N) is 2. The van der Waals surface area contributed by atoms with E-state index >= 15 is 0 Å². The zero-order valence-corrected chi connectivity index (χ0v) is 13.6. The molecule has 5 heteroatoms. The molecule has 1 aliphatic heterocycles. The van der Waals surface area contributed by atoms with Crippen molar-refractivity contribution in [1.29, 1.82) is 0 Å². The molecule has 1 aromatic heterocycles. The number of ether oxygens (including phenoxy) is 1. The summed E-state index contributed by atoms with van der Waals surface area (Å²) < 4.78 is 5.79. The van der Waals surface area contributed by atoms with Gasteiger partial charge in [-0.3, -0.25) is 0 Å². The second-order valence-corrected chi connectivity index (χ2v) is 7.64. The van der Waals surface area contributed by atoms with E-state index in [0.29, 0.717) is 6.10 Å². The molecule has 1 atom stereocenters. The fourth-order valence-corrected chi connectivity index (χ4v) is 4.08. The standard InChI is InChI=1S/C16H25N3OS/c1-2-13-10-19(7-8-20-13)16-18-15(11-3-4-11)14(21-16)9-17-12-5-6-12/h11-13,17H,2-10H2,1H3. The van der Waals surface area contributed by atoms with Crippen LogP contribution in [0.5, 0.6) is 0 Å². The summed E-state index contributed by atoms with van der Waals surface area (Å²) in [6.07, 6.45) is 6.84. The highest BCUT2D eigenvalue weighted by Gasteiger charge is 2.32. The summed E-state index contributed by atoms with van der Waals surface area (Å²) >= 11 is 1.91. The molecule has 0 aromatic carbocycles. The fourth-order valence-electron chi connectivity index (χ4n) is 2.95. The third kappa shape index (κ3) is 3.25. The van der Waals surface area contributed by atoms with Gasteiger partial charge in [0.1, 0.15) is 0 Å². The smallest absolute Gasteiger partial charge is 0.186 e. The maximum absolute atomic E-state index is 5.79. The predicted molar refractivity (Wildman–Crippen MR) is 86.2 cm³/mol. The maximum atomic E-state index is 5.79. The van der Waals surface area contributed by atoms with Crippen LogP contribution in [-0.4, -0.2) is 36.8 Å². The van der Waals surface area contributed by atoms with E-state index < -0.39 is 0 Å². The van der Waals surface area contributed by atoms with E-state index in [4.69, 9.17) is 9.72 Å². The normalized spacial score (nSPS) is 26.3. The van der Waals surface area contributed by atoms with Crippen molar-refractivity contribution >= 4 is 16.5 Å². The van der Waals surface area contributed by atoms with E-state index in [0.717, 1.165) is 44.6 Å². The van der Waals surface area contributed by atoms with Crippen LogP contribution in [0, 0.1) is 0 Å². The molecule has 116 valence electrons. The fraction of sp³-hybridized carbons (Fsp3) is 0.812. The van der Waals surface area contributed by atoms with Gasteiger partial charge in [0.05, 0.1) is 18.4 Å². The Morgan fingerprint density at radius 3 is 2.90 bits per heavy atom. The first-order valence-corrected chi connectivity index (χ1v) is 9.24. The van der Waals surface area contributed by atoms with Gasteiger partial charge in [0.25, 0.3) is 0 Å². The zero-order chi connectivity index (χ0) is 14.2. The highest BCUT2D eigenvalue weighted by Crippen LogP contribution is 2.44. The lowest BCUT2D eigenvalue weighted by Gasteiger charge is -2.32. The molecule has 2 heterocycles. The lowest BCUT2D eigenvalue weighted by atomic mass is 10.2. The minimum atomic E-state index is 0.375. The van der Waals surface area contributed by atoms with Crippen LogP contribution in [0.15, 0.2) is 0 Å². The molecular formula is C16H25N3OS. The summed E-state index contributed by atoms with van der Waals surface area (Å²) in [7, 11) is 0. The highest BCUT2D eigenvalue weighted by atomic mass is 32.1. The van der Waals surface area contributed by atoms with Crippen molar-refractivity contribution in [1.82, 2.24) is 10.3 Å². The van der Waals surface area contributed by atoms with Gasteiger partial charge in [-0.1, -0.05) is 6.92 Å². The van der Waals surface area contributed by atoms with Gasteiger partial charge in [-0.2, -0.15) is 0 Å². The van der Waals surface area contributed by atoms with Crippen molar-refractivity contribution < 1.29 is 4.74 Å². The second kappa shape index (κ2) is 5.86. The topological polar surface area (TPSA) is 37.4 Å². The molecule has 4 rings (SSSR count). The van der Waals surface area contributed by atoms with Gasteiger partial charge in [0.2, 0.25) is 0 Å². The quantitative estimate of drug-likeness (QED) is 0.877. The predicted octanol–water partition coefficient (Wildman–Crippen LogP) is 2.89. The van der Waals surface area contributed by atoms with E-state index in [1.165, 1.54) is 41.4 Å². The number of anilines is 1. The van der Waals surface area contributed by atoms with E-state index in [-0.39, 0.29) is 0 Å². The van der Waals surface area contributed by atoms with Crippen LogP contribution < -0.4 is 10.2 Å². The monoisotopic (exact) mass is 307 g/mol. The van der Waals surface area contributed by atoms with Gasteiger partial charge in [-0.15, -0.1) is 11.3 Å². The number of nitrogens with one attached hydrogen (secondary N) is 1. The average molecular weight is 307 g/mol. The number of hydrogen-bond acceptors (Lipinski definition) is 5. The van der Waals surface area contributed by atoms with Gasteiger partial charge >= 0.3 is 0 Å². The molecule has 1 saturated heterocycles. The van der Waals surface area contributed by atoms with Crippen molar-refractivity contribution in [3.63, 3.8) is 0 Å². The van der Waals surface area contributed by atoms with Crippen LogP contribution in [0.1, 0.15) is 55.5 Å². The van der Waals surface area contributed by atoms with Crippen molar-refractivity contribution in [3.05, 3.63) is 10.6 Å². The van der Waals surface area contributed by atoms with Crippen molar-refractivity contribution in [2.75, 3.05) is 24.6 Å². The molecule has 3 aliphatic rings. The molecule has 1 N–H and O–H groups in total. The van der Waals surface area contributed by atoms with E-state index in [2.05, 4.69) is 17.1 Å². The number of hydrogen-bond donors (Lipinski definition) is 1. The van der Waals surface area contributed by atoms with Crippen LogP contribution in [0.2, 0.25) is 0 Å². The van der Waals surface area contributed by atoms with Gasteiger partial charge in [0, 0.05) is 36.5 Å². The largest absolute Gasteiger partial charge is 0.375 e. The first kappa shape index (κ1) is 14.0. The SMILES string of the molecule is CCC1CN(c2nc(C3CC3)c(CNC3CC3)s2)CCO1. The molecule has 4 nitrogen and oxygen atoms in total. The Bertz CT molecular complexity index is 496. The van der Waals surface area contributed by atoms with Crippen molar-refractivity contribution in [2.45, 2.75) is 63.6 Å². The minimum absolute atomic E-state index is 0.375. The molecule has 0 amide bonds. The van der Waals surface area contributed by atoms with Crippen molar-refractivity contribution in [3.8, 4) is 0 Å². The Kier molecular flexibility index (Phi) is 3.90. The molecule has 1 unspecified atom stereocenters. The summed E-state index contributed by atoms with van der Waals surface area (Å²) in [4.78, 5) is 8.94. The molecule has 0 bridgehead atoms. The van der Waals surface area contributed by atoms with Crippen LogP contribution in [0.4, 0.5) is 5.13 Å². The van der Waals surface area contributed by atoms with Crippen LogP contribution in [0.25, 0.3) is 0 Å². The van der Waals surface area contributed by atoms with Crippen LogP contribution >= 0.6 is 11.3 Å². The van der Waals surface area contributed by atoms with E-state index in [1.807, 2.05) is 11.3 Å². The van der Waals surface area contributed by atoms with Crippen molar-refractivity contribution in [2.24, 2.45) is 0 Å². The number of morpholine rings is 1. The number of aromatic nitrogens is 1. The molecule has 3 fully saturated rings. The molecule has 0 spiro atoms. The van der Waals surface area contributed by atoms with Gasteiger partial charge in [0.15, 0.2) is 5.13 Å². The lowest BCUT2D eigenvalue weighted by Crippen LogP contribution is -2.42.